The van der Waals surface area contributed by atoms with Gasteiger partial charge in [-0.2, -0.15) is 8.42 Å². The van der Waals surface area contributed by atoms with Crippen LogP contribution in [0.5, 0.6) is 5.88 Å². The highest BCUT2D eigenvalue weighted by Gasteiger charge is 2.29. The number of carboxylic acids is 1. The molecule has 0 radical (unpaired) electrons. The van der Waals surface area contributed by atoms with Crippen molar-refractivity contribution in [2.24, 2.45) is 11.1 Å². The van der Waals surface area contributed by atoms with Gasteiger partial charge in [-0.3, -0.25) is 19.2 Å². The van der Waals surface area contributed by atoms with E-state index in [0.717, 1.165) is 12.3 Å². The molecule has 13 nitrogen and oxygen atoms in total. The predicted octanol–water partition coefficient (Wildman–Crippen LogP) is 3.11. The Hall–Kier alpha value is -4.82. The van der Waals surface area contributed by atoms with Gasteiger partial charge in [-0.1, -0.05) is 26.8 Å². The van der Waals surface area contributed by atoms with Crippen molar-refractivity contribution in [1.82, 2.24) is 10.3 Å². The maximum Gasteiger partial charge on any atom is 0.336 e. The van der Waals surface area contributed by atoms with Crippen molar-refractivity contribution in [2.45, 2.75) is 26.8 Å². The van der Waals surface area contributed by atoms with E-state index in [1.807, 2.05) is 0 Å². The summed E-state index contributed by atoms with van der Waals surface area (Å²) in [7, 11) is -2.40. The third kappa shape index (κ3) is 8.59. The molecule has 6 N–H and O–H groups in total. The maximum atomic E-state index is 13.3. The number of benzene rings is 2. The Morgan fingerprint density at radius 1 is 1.00 bits per heavy atom. The summed E-state index contributed by atoms with van der Waals surface area (Å²) < 4.78 is 33.1. The van der Waals surface area contributed by atoms with Crippen LogP contribution in [-0.4, -0.2) is 68.1 Å². The average molecular weight is 612 g/mol. The lowest BCUT2D eigenvalue weighted by Crippen LogP contribution is -2.47. The van der Waals surface area contributed by atoms with Gasteiger partial charge >= 0.3 is 5.97 Å². The van der Waals surface area contributed by atoms with E-state index in [1.54, 1.807) is 45.0 Å². The smallest absolute Gasteiger partial charge is 0.336 e. The molecule has 14 heteroatoms. The van der Waals surface area contributed by atoms with Crippen molar-refractivity contribution in [1.29, 1.82) is 5.41 Å². The molecule has 3 aromatic rings. The second-order valence-corrected chi connectivity index (χ2v) is 12.3. The number of anilines is 1. The lowest BCUT2D eigenvalue weighted by molar-refractivity contribution is 0.0697. The normalized spacial score (nSPS) is 12.2. The minimum absolute atomic E-state index is 0.00668. The van der Waals surface area contributed by atoms with Crippen molar-refractivity contribution in [3.8, 4) is 17.0 Å². The molecule has 0 bridgehead atoms. The molecule has 0 spiro atoms. The summed E-state index contributed by atoms with van der Waals surface area (Å²) in [6.45, 7) is 5.05. The predicted molar refractivity (Wildman–Crippen MR) is 160 cm³/mol. The molecule has 0 aliphatic heterocycles. The molecule has 0 saturated carbocycles. The fourth-order valence-electron chi connectivity index (χ4n) is 3.91. The summed E-state index contributed by atoms with van der Waals surface area (Å²) in [4.78, 5) is 43.1. The third-order valence-electron chi connectivity index (χ3n) is 6.35. The molecule has 0 unspecified atom stereocenters. The molecular weight excluding hydrogens is 578 g/mol. The molecule has 2 aromatic carbocycles. The number of nitrogens with zero attached hydrogens (tertiary/aromatic N) is 1. The summed E-state index contributed by atoms with van der Waals surface area (Å²) in [6.07, 6.45) is 0.902. The molecule has 1 heterocycles. The first-order valence-corrected chi connectivity index (χ1v) is 14.7. The van der Waals surface area contributed by atoms with Gasteiger partial charge in [0.1, 0.15) is 11.5 Å². The van der Waals surface area contributed by atoms with Gasteiger partial charge in [0.2, 0.25) is 5.88 Å². The van der Waals surface area contributed by atoms with Crippen LogP contribution in [0.3, 0.4) is 0 Å². The quantitative estimate of drug-likeness (QED) is 0.121. The van der Waals surface area contributed by atoms with Gasteiger partial charge in [-0.15, -0.1) is 0 Å². The first kappa shape index (κ1) is 32.7. The number of pyridine rings is 1. The van der Waals surface area contributed by atoms with Crippen LogP contribution in [0.1, 0.15) is 57.5 Å². The monoisotopic (exact) mass is 611 g/mol. The fourth-order valence-corrected chi connectivity index (χ4v) is 4.29. The Bertz CT molecular complexity index is 1670. The van der Waals surface area contributed by atoms with Crippen LogP contribution < -0.4 is 21.1 Å². The third-order valence-corrected chi connectivity index (χ3v) is 6.91. The van der Waals surface area contributed by atoms with E-state index in [2.05, 4.69) is 15.6 Å². The standard InChI is InChI=1S/C29H33N5O8S/c1-29(2,3)22(15-42-43(5,39)40)33-26(35)17-8-11-19(21(14-17)28(37)38)20-12-13-23(41-4)34-24(20)27(36)32-18-9-6-16(7-10-18)25(30)31/h6-14,22H,15H2,1-5H3,(H3,30,31)(H,32,36)(H,33,35)(H,37,38)/t22-/m1/s1. The van der Waals surface area contributed by atoms with E-state index in [0.29, 0.717) is 11.3 Å². The minimum Gasteiger partial charge on any atom is -0.481 e. The number of nitrogen functional groups attached to an aromatic ring is 1. The van der Waals surface area contributed by atoms with E-state index in [1.165, 1.54) is 31.4 Å². The van der Waals surface area contributed by atoms with E-state index in [-0.39, 0.29) is 46.3 Å². The van der Waals surface area contributed by atoms with Crippen LogP contribution in [0.2, 0.25) is 0 Å². The molecule has 228 valence electrons. The Morgan fingerprint density at radius 3 is 2.14 bits per heavy atom. The van der Waals surface area contributed by atoms with Gasteiger partial charge in [0, 0.05) is 28.4 Å². The number of nitrogens with two attached hydrogens (primary N) is 1. The number of rotatable bonds is 11. The van der Waals surface area contributed by atoms with E-state index in [4.69, 9.17) is 20.1 Å². The molecule has 1 aromatic heterocycles. The zero-order valence-electron chi connectivity index (χ0n) is 24.2. The van der Waals surface area contributed by atoms with Crippen molar-refractivity contribution < 1.29 is 36.8 Å². The average Bonchev–Trinajstić information content (AvgIpc) is 2.93. The highest BCUT2D eigenvalue weighted by atomic mass is 32.2. The van der Waals surface area contributed by atoms with Crippen LogP contribution in [0.25, 0.3) is 11.1 Å². The second-order valence-electron chi connectivity index (χ2n) is 10.6. The topological polar surface area (TPSA) is 211 Å². The number of amidine groups is 1. The fraction of sp³-hybridized carbons (Fsp3) is 0.276. The summed E-state index contributed by atoms with van der Waals surface area (Å²) in [5.41, 5.74) is 5.58. The number of nitrogens with one attached hydrogen (secondary N) is 3. The number of hydrogen-bond acceptors (Lipinski definition) is 9. The molecule has 0 saturated heterocycles. The van der Waals surface area contributed by atoms with E-state index < -0.39 is 39.4 Å². The lowest BCUT2D eigenvalue weighted by atomic mass is 9.87. The van der Waals surface area contributed by atoms with E-state index >= 15 is 0 Å². The van der Waals surface area contributed by atoms with Crippen LogP contribution in [0, 0.1) is 10.8 Å². The maximum absolute atomic E-state index is 13.3. The lowest BCUT2D eigenvalue weighted by Gasteiger charge is -2.31. The Morgan fingerprint density at radius 2 is 1.60 bits per heavy atom. The van der Waals surface area contributed by atoms with Gasteiger partial charge in [0.25, 0.3) is 21.9 Å². The van der Waals surface area contributed by atoms with Crippen LogP contribution >= 0.6 is 0 Å². The highest BCUT2D eigenvalue weighted by Crippen LogP contribution is 2.30. The number of hydrogen-bond donors (Lipinski definition) is 5. The zero-order chi connectivity index (χ0) is 32.1. The SMILES string of the molecule is COc1ccc(-c2ccc(C(=O)N[C@H](COS(C)(=O)=O)C(C)(C)C)cc2C(=O)O)c(C(=O)Nc2ccc(C(=N)N)cc2)n1. The Balaban J connectivity index is 1.99. The summed E-state index contributed by atoms with van der Waals surface area (Å²) in [5, 5.41) is 23.0. The number of carbonyl (C=O) groups is 3. The molecule has 0 aliphatic rings. The first-order chi connectivity index (χ1) is 20.0. The van der Waals surface area contributed by atoms with Gasteiger partial charge in [-0.25, -0.2) is 9.78 Å². The highest BCUT2D eigenvalue weighted by molar-refractivity contribution is 7.85. The number of carboxylic acid groups (broad SMARTS) is 1. The van der Waals surface area contributed by atoms with Crippen molar-refractivity contribution in [2.75, 3.05) is 25.3 Å². The van der Waals surface area contributed by atoms with Crippen molar-refractivity contribution >= 4 is 39.4 Å². The van der Waals surface area contributed by atoms with Gasteiger partial charge < -0.3 is 26.2 Å². The number of amides is 2. The molecule has 0 aliphatic carbocycles. The van der Waals surface area contributed by atoms with Crippen molar-refractivity contribution in [3.05, 3.63) is 77.0 Å². The van der Waals surface area contributed by atoms with Gasteiger partial charge in [0.05, 0.1) is 31.6 Å². The van der Waals surface area contributed by atoms with Crippen LogP contribution in [0.15, 0.2) is 54.6 Å². The first-order valence-electron chi connectivity index (χ1n) is 12.8. The molecule has 43 heavy (non-hydrogen) atoms. The molecular formula is C29H33N5O8S. The van der Waals surface area contributed by atoms with Gasteiger partial charge in [0.15, 0.2) is 0 Å². The summed E-state index contributed by atoms with van der Waals surface area (Å²) >= 11 is 0. The zero-order valence-corrected chi connectivity index (χ0v) is 25.0. The Kier molecular flexibility index (Phi) is 9.89. The van der Waals surface area contributed by atoms with Gasteiger partial charge in [-0.05, 0) is 53.4 Å². The number of aromatic carboxylic acids is 1. The molecule has 2 amide bonds. The molecule has 3 rings (SSSR count). The largest absolute Gasteiger partial charge is 0.481 e. The van der Waals surface area contributed by atoms with E-state index in [9.17, 15) is 27.9 Å². The van der Waals surface area contributed by atoms with Crippen LogP contribution in [0.4, 0.5) is 5.69 Å². The molecule has 0 fully saturated rings. The Labute approximate surface area is 249 Å². The molecule has 1 atom stereocenters. The van der Waals surface area contributed by atoms with Crippen molar-refractivity contribution in [3.63, 3.8) is 0 Å². The van der Waals surface area contributed by atoms with Crippen LogP contribution in [-0.2, 0) is 14.3 Å². The second kappa shape index (κ2) is 13.0. The summed E-state index contributed by atoms with van der Waals surface area (Å²) in [5.74, 6) is -2.70. The number of methoxy groups -OCH3 is 1. The minimum atomic E-state index is -3.77. The number of carbonyl (C=O) groups excluding carboxylic acids is 2. The number of ether oxygens (including phenoxy) is 1. The number of aromatic nitrogens is 1. The summed E-state index contributed by atoms with van der Waals surface area (Å²) in [6, 6.07) is 12.4.